The first-order valence-corrected chi connectivity index (χ1v) is 15.5. The zero-order valence-corrected chi connectivity index (χ0v) is 23.4. The number of ether oxygens (including phenoxy) is 4. The van der Waals surface area contributed by atoms with Gasteiger partial charge in [0.25, 0.3) is 5.16 Å². The molecule has 1 aromatic heterocycles. The second-order valence-corrected chi connectivity index (χ2v) is 12.9. The number of aromatic nitrogens is 4. The highest BCUT2D eigenvalue weighted by molar-refractivity contribution is 7.98. The summed E-state index contributed by atoms with van der Waals surface area (Å²) < 4.78 is 51.7. The number of hydrogen-bond acceptors (Lipinski definition) is 10. The normalized spacial score (nSPS) is 27.8. The van der Waals surface area contributed by atoms with Crippen LogP contribution < -0.4 is 0 Å². The first-order valence-electron chi connectivity index (χ1n) is 12.4. The lowest BCUT2D eigenvalue weighted by Gasteiger charge is -2.54. The van der Waals surface area contributed by atoms with Crippen molar-refractivity contribution in [1.82, 2.24) is 20.2 Å². The lowest BCUT2D eigenvalue weighted by Crippen LogP contribution is -2.61. The minimum Gasteiger partial charge on any atom is -0.371 e. The van der Waals surface area contributed by atoms with E-state index < -0.39 is 15.6 Å². The van der Waals surface area contributed by atoms with Gasteiger partial charge in [-0.3, -0.25) is 0 Å². The van der Waals surface area contributed by atoms with Gasteiger partial charge in [0.15, 0.2) is 5.79 Å². The van der Waals surface area contributed by atoms with Gasteiger partial charge >= 0.3 is 0 Å². The first kappa shape index (κ1) is 28.2. The molecule has 10 nitrogen and oxygen atoms in total. The molecule has 0 radical (unpaired) electrons. The standard InChI is InChI=1S/C25H36N4O6S2/c1-24(2)33-17-25(3)21(13-14-32-18-36-4)34-20(16-22(25)35-24)12-8-9-15-37(30,31)23-26-27-28-29(23)19-10-6-5-7-11-19/h5-8,10-12,20-22H,9,13-18H2,1-4H3/b12-8+/t20-,21+,22-,25+/m1/s1. The number of rotatable bonds is 11. The molecule has 0 saturated carbocycles. The minimum absolute atomic E-state index is 0.0515. The van der Waals surface area contributed by atoms with Crippen molar-refractivity contribution < 1.29 is 27.4 Å². The molecule has 12 heteroatoms. The summed E-state index contributed by atoms with van der Waals surface area (Å²) in [4.78, 5) is 0. The van der Waals surface area contributed by atoms with Gasteiger partial charge < -0.3 is 18.9 Å². The van der Waals surface area contributed by atoms with Crippen LogP contribution in [0.1, 0.15) is 40.0 Å². The fourth-order valence-corrected chi connectivity index (χ4v) is 6.18. The molecule has 2 saturated heterocycles. The first-order chi connectivity index (χ1) is 17.6. The van der Waals surface area contributed by atoms with Crippen molar-refractivity contribution in [3.05, 3.63) is 42.5 Å². The van der Waals surface area contributed by atoms with E-state index in [4.69, 9.17) is 18.9 Å². The molecule has 37 heavy (non-hydrogen) atoms. The summed E-state index contributed by atoms with van der Waals surface area (Å²) in [7, 11) is -3.70. The van der Waals surface area contributed by atoms with E-state index in [2.05, 4.69) is 22.4 Å². The van der Waals surface area contributed by atoms with Crippen LogP contribution >= 0.6 is 11.8 Å². The van der Waals surface area contributed by atoms with Crippen molar-refractivity contribution in [3.8, 4) is 5.69 Å². The number of sulfone groups is 1. The molecule has 4 atom stereocenters. The van der Waals surface area contributed by atoms with Crippen LogP contribution in [0.4, 0.5) is 0 Å². The van der Waals surface area contributed by atoms with Gasteiger partial charge in [-0.05, 0) is 55.5 Å². The van der Waals surface area contributed by atoms with E-state index in [0.717, 1.165) is 6.42 Å². The number of thioether (sulfide) groups is 1. The van der Waals surface area contributed by atoms with Crippen molar-refractivity contribution in [3.63, 3.8) is 0 Å². The molecule has 0 spiro atoms. The molecular weight excluding hydrogens is 516 g/mol. The van der Waals surface area contributed by atoms with E-state index in [1.54, 1.807) is 36.0 Å². The Hall–Kier alpha value is -1.83. The Bertz CT molecular complexity index is 1160. The molecule has 0 bridgehead atoms. The Morgan fingerprint density at radius 1 is 1.24 bits per heavy atom. The molecule has 4 rings (SSSR count). The second-order valence-electron chi connectivity index (χ2n) is 10.0. The van der Waals surface area contributed by atoms with Crippen LogP contribution in [0.25, 0.3) is 5.69 Å². The molecule has 2 aliphatic rings. The molecular formula is C25H36N4O6S2. The number of benzene rings is 1. The van der Waals surface area contributed by atoms with Crippen LogP contribution in [0.15, 0.2) is 47.6 Å². The molecule has 2 aromatic rings. The van der Waals surface area contributed by atoms with E-state index in [1.807, 2.05) is 38.3 Å². The number of fused-ring (bicyclic) bond motifs is 1. The quantitative estimate of drug-likeness (QED) is 0.233. The molecule has 3 heterocycles. The maximum absolute atomic E-state index is 13.0. The topological polar surface area (TPSA) is 115 Å². The number of tetrazole rings is 1. The van der Waals surface area contributed by atoms with Crippen molar-refractivity contribution in [1.29, 1.82) is 0 Å². The SMILES string of the molecule is CSCOCC[C@@H]1O[C@H](/C=C/CCS(=O)(=O)c2nnnn2-c2ccccc2)C[C@H]2OC(C)(C)OC[C@@]12C. The third kappa shape index (κ3) is 6.79. The van der Waals surface area contributed by atoms with Gasteiger partial charge in [0.1, 0.15) is 0 Å². The number of hydrogen-bond donors (Lipinski definition) is 0. The van der Waals surface area contributed by atoms with Crippen molar-refractivity contribution in [2.75, 3.05) is 31.2 Å². The fourth-order valence-electron chi connectivity index (χ4n) is 4.70. The number of allylic oxidation sites excluding steroid dienone is 1. The highest BCUT2D eigenvalue weighted by atomic mass is 32.2. The molecule has 0 amide bonds. The molecule has 204 valence electrons. The molecule has 0 unspecified atom stereocenters. The summed E-state index contributed by atoms with van der Waals surface area (Å²) in [5, 5.41) is 11.0. The Kier molecular flexibility index (Phi) is 9.08. The monoisotopic (exact) mass is 552 g/mol. The Balaban J connectivity index is 1.40. The number of para-hydroxylation sites is 1. The Morgan fingerprint density at radius 2 is 2.03 bits per heavy atom. The van der Waals surface area contributed by atoms with Gasteiger partial charge in [0.2, 0.25) is 9.84 Å². The molecule has 1 aromatic carbocycles. The van der Waals surface area contributed by atoms with Crippen molar-refractivity contribution in [2.45, 2.75) is 69.3 Å². The zero-order chi connectivity index (χ0) is 26.5. The van der Waals surface area contributed by atoms with Crippen LogP contribution in [0.3, 0.4) is 0 Å². The van der Waals surface area contributed by atoms with Gasteiger partial charge in [-0.2, -0.15) is 4.68 Å². The highest BCUT2D eigenvalue weighted by Gasteiger charge is 2.53. The average molecular weight is 553 g/mol. The second kappa shape index (κ2) is 11.9. The van der Waals surface area contributed by atoms with Gasteiger partial charge in [0.05, 0.1) is 48.9 Å². The fraction of sp³-hybridized carbons (Fsp3) is 0.640. The highest BCUT2D eigenvalue weighted by Crippen LogP contribution is 2.46. The zero-order valence-electron chi connectivity index (χ0n) is 21.8. The van der Waals surface area contributed by atoms with Gasteiger partial charge in [0, 0.05) is 11.8 Å². The molecule has 2 aliphatic heterocycles. The third-order valence-corrected chi connectivity index (χ3v) is 8.75. The number of nitrogens with zero attached hydrogens (tertiary/aromatic N) is 4. The lowest BCUT2D eigenvalue weighted by molar-refractivity contribution is -0.351. The summed E-state index contributed by atoms with van der Waals surface area (Å²) in [6.45, 7) is 7.13. The van der Waals surface area contributed by atoms with E-state index in [-0.39, 0.29) is 34.6 Å². The van der Waals surface area contributed by atoms with E-state index in [1.165, 1.54) is 4.68 Å². The van der Waals surface area contributed by atoms with Crippen LogP contribution in [0.5, 0.6) is 0 Å². The summed E-state index contributed by atoms with van der Waals surface area (Å²) in [5.41, 5.74) is 0.299. The summed E-state index contributed by atoms with van der Waals surface area (Å²) >= 11 is 1.64. The largest absolute Gasteiger partial charge is 0.371 e. The van der Waals surface area contributed by atoms with Crippen molar-refractivity contribution in [2.24, 2.45) is 5.41 Å². The Morgan fingerprint density at radius 3 is 2.78 bits per heavy atom. The molecule has 0 aliphatic carbocycles. The van der Waals surface area contributed by atoms with Gasteiger partial charge in [-0.1, -0.05) is 42.4 Å². The van der Waals surface area contributed by atoms with Gasteiger partial charge in [-0.25, -0.2) is 8.42 Å². The van der Waals surface area contributed by atoms with Crippen LogP contribution in [0.2, 0.25) is 0 Å². The van der Waals surface area contributed by atoms with Crippen molar-refractivity contribution >= 4 is 21.6 Å². The summed E-state index contributed by atoms with van der Waals surface area (Å²) in [6, 6.07) is 8.96. The predicted molar refractivity (Wildman–Crippen MR) is 140 cm³/mol. The smallest absolute Gasteiger partial charge is 0.272 e. The molecule has 2 fully saturated rings. The van der Waals surface area contributed by atoms with E-state index >= 15 is 0 Å². The summed E-state index contributed by atoms with van der Waals surface area (Å²) in [6.07, 6.45) is 7.13. The molecule has 0 N–H and O–H groups in total. The maximum atomic E-state index is 13.0. The van der Waals surface area contributed by atoms with Crippen LogP contribution in [-0.2, 0) is 28.8 Å². The van der Waals surface area contributed by atoms with E-state index in [9.17, 15) is 8.42 Å². The summed E-state index contributed by atoms with van der Waals surface area (Å²) in [5.74, 6) is -0.140. The lowest BCUT2D eigenvalue weighted by atomic mass is 9.73. The Labute approximate surface area is 223 Å². The van der Waals surface area contributed by atoms with E-state index in [0.29, 0.717) is 37.7 Å². The minimum atomic E-state index is -3.70. The third-order valence-electron chi connectivity index (χ3n) is 6.76. The maximum Gasteiger partial charge on any atom is 0.272 e. The average Bonchev–Trinajstić information content (AvgIpc) is 3.37. The van der Waals surface area contributed by atoms with Crippen LogP contribution in [0, 0.1) is 5.41 Å². The predicted octanol–water partition coefficient (Wildman–Crippen LogP) is 3.42. The van der Waals surface area contributed by atoms with Crippen LogP contribution in [-0.4, -0.2) is 83.9 Å². The van der Waals surface area contributed by atoms with Gasteiger partial charge in [-0.15, -0.1) is 11.8 Å².